The lowest BCUT2D eigenvalue weighted by Crippen LogP contribution is -2.09. The molecular weight excluding hydrogens is 214 g/mol. The molecule has 0 aromatic heterocycles. The molecule has 1 aliphatic heterocycles. The van der Waals surface area contributed by atoms with E-state index in [4.69, 9.17) is 9.47 Å². The molecule has 17 heavy (non-hydrogen) atoms. The van der Waals surface area contributed by atoms with Gasteiger partial charge in [-0.1, -0.05) is 13.0 Å². The molecule has 3 nitrogen and oxygen atoms in total. The Balaban J connectivity index is 2.44. The summed E-state index contributed by atoms with van der Waals surface area (Å²) in [5.74, 6) is 2.51. The van der Waals surface area contributed by atoms with Crippen LogP contribution >= 0.6 is 0 Å². The highest BCUT2D eigenvalue weighted by molar-refractivity contribution is 5.51. The molecule has 1 heterocycles. The third-order valence-electron chi connectivity index (χ3n) is 3.53. The number of hydrogen-bond donors (Lipinski definition) is 1. The standard InChI is InChI=1S/C14H21NO2/c1-4-11-13(16-2)6-5-12(14(11)17-3)10-7-8-15-9-10/h5-6,10,15H,4,7-9H2,1-3H3. The Hall–Kier alpha value is -1.22. The lowest BCUT2D eigenvalue weighted by Gasteiger charge is -2.19. The maximum Gasteiger partial charge on any atom is 0.129 e. The molecule has 0 spiro atoms. The second-order valence-electron chi connectivity index (χ2n) is 4.41. The van der Waals surface area contributed by atoms with Gasteiger partial charge in [-0.05, 0) is 31.0 Å². The van der Waals surface area contributed by atoms with Gasteiger partial charge in [0.25, 0.3) is 0 Å². The molecule has 0 amide bonds. The molecule has 1 atom stereocenters. The summed E-state index contributed by atoms with van der Waals surface area (Å²) in [6.07, 6.45) is 2.12. The molecule has 1 N–H and O–H groups in total. The predicted octanol–water partition coefficient (Wildman–Crippen LogP) is 2.34. The molecular formula is C14H21NO2. The molecule has 1 aromatic rings. The van der Waals surface area contributed by atoms with E-state index >= 15 is 0 Å². The number of benzene rings is 1. The van der Waals surface area contributed by atoms with Gasteiger partial charge in [-0.2, -0.15) is 0 Å². The van der Waals surface area contributed by atoms with E-state index in [-0.39, 0.29) is 0 Å². The van der Waals surface area contributed by atoms with Crippen LogP contribution in [-0.4, -0.2) is 27.3 Å². The van der Waals surface area contributed by atoms with E-state index in [1.807, 2.05) is 0 Å². The van der Waals surface area contributed by atoms with Gasteiger partial charge in [-0.25, -0.2) is 0 Å². The fraction of sp³-hybridized carbons (Fsp3) is 0.571. The van der Waals surface area contributed by atoms with Crippen LogP contribution in [0.5, 0.6) is 11.5 Å². The molecule has 0 saturated carbocycles. The second kappa shape index (κ2) is 5.41. The van der Waals surface area contributed by atoms with Gasteiger partial charge >= 0.3 is 0 Å². The fourth-order valence-corrected chi connectivity index (χ4v) is 2.64. The average molecular weight is 235 g/mol. The maximum absolute atomic E-state index is 5.61. The zero-order chi connectivity index (χ0) is 12.3. The molecule has 3 heteroatoms. The number of ether oxygens (including phenoxy) is 2. The molecule has 1 aromatic carbocycles. The normalized spacial score (nSPS) is 19.4. The van der Waals surface area contributed by atoms with Crippen molar-refractivity contribution in [3.05, 3.63) is 23.3 Å². The quantitative estimate of drug-likeness (QED) is 0.869. The van der Waals surface area contributed by atoms with Crippen LogP contribution in [-0.2, 0) is 6.42 Å². The van der Waals surface area contributed by atoms with Gasteiger partial charge in [0.05, 0.1) is 14.2 Å². The van der Waals surface area contributed by atoms with Crippen molar-refractivity contribution in [3.63, 3.8) is 0 Å². The molecule has 0 aliphatic carbocycles. The first kappa shape index (κ1) is 12.2. The Bertz CT molecular complexity index is 384. The highest BCUT2D eigenvalue weighted by atomic mass is 16.5. The average Bonchev–Trinajstić information content (AvgIpc) is 2.90. The third kappa shape index (κ3) is 2.25. The summed E-state index contributed by atoms with van der Waals surface area (Å²) in [7, 11) is 3.46. The Kier molecular flexibility index (Phi) is 3.89. The summed E-state index contributed by atoms with van der Waals surface area (Å²) in [5.41, 5.74) is 2.49. The molecule has 94 valence electrons. The van der Waals surface area contributed by atoms with Gasteiger partial charge in [0.2, 0.25) is 0 Å². The minimum absolute atomic E-state index is 0.571. The van der Waals surface area contributed by atoms with Crippen LogP contribution in [0.1, 0.15) is 30.4 Å². The number of methoxy groups -OCH3 is 2. The van der Waals surface area contributed by atoms with Gasteiger partial charge < -0.3 is 14.8 Å². The van der Waals surface area contributed by atoms with Crippen LogP contribution in [0.4, 0.5) is 0 Å². The number of hydrogen-bond acceptors (Lipinski definition) is 3. The van der Waals surface area contributed by atoms with E-state index < -0.39 is 0 Å². The summed E-state index contributed by atoms with van der Waals surface area (Å²) in [5, 5.41) is 3.40. The van der Waals surface area contributed by atoms with E-state index in [2.05, 4.69) is 24.4 Å². The first-order chi connectivity index (χ1) is 8.31. The van der Waals surface area contributed by atoms with Gasteiger partial charge in [-0.3, -0.25) is 0 Å². The fourth-order valence-electron chi connectivity index (χ4n) is 2.64. The van der Waals surface area contributed by atoms with Gasteiger partial charge in [0, 0.05) is 18.0 Å². The van der Waals surface area contributed by atoms with Crippen molar-refractivity contribution < 1.29 is 9.47 Å². The summed E-state index contributed by atoms with van der Waals surface area (Å²) in [6.45, 7) is 4.28. The predicted molar refractivity (Wildman–Crippen MR) is 69.2 cm³/mol. The zero-order valence-electron chi connectivity index (χ0n) is 10.9. The zero-order valence-corrected chi connectivity index (χ0v) is 10.9. The van der Waals surface area contributed by atoms with Gasteiger partial charge in [0.1, 0.15) is 11.5 Å². The van der Waals surface area contributed by atoms with Crippen molar-refractivity contribution >= 4 is 0 Å². The monoisotopic (exact) mass is 235 g/mol. The number of rotatable bonds is 4. The first-order valence-corrected chi connectivity index (χ1v) is 6.26. The Labute approximate surface area is 103 Å². The highest BCUT2D eigenvalue weighted by Gasteiger charge is 2.23. The van der Waals surface area contributed by atoms with Crippen molar-refractivity contribution in [2.24, 2.45) is 0 Å². The molecule has 1 saturated heterocycles. The second-order valence-corrected chi connectivity index (χ2v) is 4.41. The van der Waals surface area contributed by atoms with E-state index in [0.29, 0.717) is 5.92 Å². The first-order valence-electron chi connectivity index (χ1n) is 6.26. The van der Waals surface area contributed by atoms with E-state index in [1.54, 1.807) is 14.2 Å². The molecule has 1 unspecified atom stereocenters. The molecule has 0 radical (unpaired) electrons. The summed E-state index contributed by atoms with van der Waals surface area (Å²) in [6, 6.07) is 4.21. The minimum atomic E-state index is 0.571. The lowest BCUT2D eigenvalue weighted by atomic mass is 9.94. The van der Waals surface area contributed by atoms with Gasteiger partial charge in [0.15, 0.2) is 0 Å². The van der Waals surface area contributed by atoms with Gasteiger partial charge in [-0.15, -0.1) is 0 Å². The van der Waals surface area contributed by atoms with Crippen molar-refractivity contribution in [1.82, 2.24) is 5.32 Å². The Morgan fingerprint density at radius 1 is 1.29 bits per heavy atom. The third-order valence-corrected chi connectivity index (χ3v) is 3.53. The SMILES string of the molecule is CCc1c(OC)ccc(C2CCNC2)c1OC. The van der Waals surface area contributed by atoms with Crippen LogP contribution in [0, 0.1) is 0 Å². The number of nitrogens with one attached hydrogen (secondary N) is 1. The molecule has 1 aliphatic rings. The van der Waals surface area contributed by atoms with E-state index in [9.17, 15) is 0 Å². The molecule has 2 rings (SSSR count). The smallest absolute Gasteiger partial charge is 0.129 e. The molecule has 0 bridgehead atoms. The van der Waals surface area contributed by atoms with Crippen LogP contribution in [0.2, 0.25) is 0 Å². The summed E-state index contributed by atoms with van der Waals surface area (Å²) in [4.78, 5) is 0. The van der Waals surface area contributed by atoms with Crippen molar-refractivity contribution in [3.8, 4) is 11.5 Å². The minimum Gasteiger partial charge on any atom is -0.496 e. The summed E-state index contributed by atoms with van der Waals surface area (Å²) < 4.78 is 11.0. The van der Waals surface area contributed by atoms with E-state index in [1.165, 1.54) is 17.5 Å². The van der Waals surface area contributed by atoms with Crippen LogP contribution < -0.4 is 14.8 Å². The van der Waals surface area contributed by atoms with Crippen LogP contribution in [0.25, 0.3) is 0 Å². The largest absolute Gasteiger partial charge is 0.496 e. The van der Waals surface area contributed by atoms with Crippen molar-refractivity contribution in [2.75, 3.05) is 27.3 Å². The van der Waals surface area contributed by atoms with E-state index in [0.717, 1.165) is 31.0 Å². The highest BCUT2D eigenvalue weighted by Crippen LogP contribution is 2.38. The van der Waals surface area contributed by atoms with Crippen molar-refractivity contribution in [2.45, 2.75) is 25.7 Å². The maximum atomic E-state index is 5.61. The Morgan fingerprint density at radius 3 is 2.65 bits per heavy atom. The summed E-state index contributed by atoms with van der Waals surface area (Å²) >= 11 is 0. The topological polar surface area (TPSA) is 30.5 Å². The molecule has 1 fully saturated rings. The Morgan fingerprint density at radius 2 is 2.12 bits per heavy atom. The van der Waals surface area contributed by atoms with Crippen LogP contribution in [0.3, 0.4) is 0 Å². The van der Waals surface area contributed by atoms with Crippen LogP contribution in [0.15, 0.2) is 12.1 Å². The lowest BCUT2D eigenvalue weighted by molar-refractivity contribution is 0.380. The van der Waals surface area contributed by atoms with Crippen molar-refractivity contribution in [1.29, 1.82) is 0 Å².